The third kappa shape index (κ3) is 4.03. The van der Waals surface area contributed by atoms with Gasteiger partial charge in [0.1, 0.15) is 0 Å². The first-order valence-corrected chi connectivity index (χ1v) is 9.96. The first-order chi connectivity index (χ1) is 14.5. The molecule has 4 rings (SSSR count). The van der Waals surface area contributed by atoms with Crippen LogP contribution in [0.3, 0.4) is 0 Å². The van der Waals surface area contributed by atoms with E-state index in [1.807, 2.05) is 72.3 Å². The minimum absolute atomic E-state index is 0.0818. The van der Waals surface area contributed by atoms with E-state index in [1.165, 1.54) is 6.92 Å². The molecular weight excluding hydrogens is 376 g/mol. The van der Waals surface area contributed by atoms with Crippen molar-refractivity contribution in [1.82, 2.24) is 19.8 Å². The Labute approximate surface area is 175 Å². The first-order valence-electron chi connectivity index (χ1n) is 9.96. The molecule has 0 spiro atoms. The number of carbonyl (C=O) groups is 2. The first kappa shape index (κ1) is 19.6. The second kappa shape index (κ2) is 8.37. The molecule has 0 bridgehead atoms. The normalized spacial score (nSPS) is 16.1. The summed E-state index contributed by atoms with van der Waals surface area (Å²) in [6.07, 6.45) is 9.25. The molecule has 1 N–H and O–H groups in total. The molecule has 0 fully saturated rings. The highest BCUT2D eigenvalue weighted by atomic mass is 16.2. The van der Waals surface area contributed by atoms with Crippen LogP contribution in [0.25, 0.3) is 11.8 Å². The molecule has 1 aliphatic heterocycles. The van der Waals surface area contributed by atoms with E-state index in [0.29, 0.717) is 0 Å². The van der Waals surface area contributed by atoms with Crippen molar-refractivity contribution in [2.75, 3.05) is 0 Å². The number of hydrogen-bond acceptors (Lipinski definition) is 3. The minimum atomic E-state index is -0.306. The standard InChI is InChI=1S/C24H24N4O2/c1-17(19-7-9-21(10-8-19)27-14-12-25-16-27)26-24(30)15-23-22-6-4-3-5-20(22)11-13-28(23)18(2)29/h3-14,16-17,23H,15H2,1-2H3,(H,26,30). The molecule has 0 radical (unpaired) electrons. The Hall–Kier alpha value is -3.67. The fraction of sp³-hybridized carbons (Fsp3) is 0.208. The van der Waals surface area contributed by atoms with E-state index >= 15 is 0 Å². The van der Waals surface area contributed by atoms with Crippen LogP contribution in [0.2, 0.25) is 0 Å². The topological polar surface area (TPSA) is 67.2 Å². The summed E-state index contributed by atoms with van der Waals surface area (Å²) in [6.45, 7) is 3.48. The van der Waals surface area contributed by atoms with Gasteiger partial charge in [0.05, 0.1) is 24.8 Å². The Morgan fingerprint density at radius 2 is 1.90 bits per heavy atom. The van der Waals surface area contributed by atoms with Crippen LogP contribution in [-0.2, 0) is 9.59 Å². The van der Waals surface area contributed by atoms with E-state index in [1.54, 1.807) is 23.6 Å². The Kier molecular flexibility index (Phi) is 5.48. The molecule has 2 atom stereocenters. The van der Waals surface area contributed by atoms with Crippen molar-refractivity contribution in [3.63, 3.8) is 0 Å². The molecule has 2 aromatic carbocycles. The summed E-state index contributed by atoms with van der Waals surface area (Å²) in [7, 11) is 0. The van der Waals surface area contributed by atoms with Crippen LogP contribution in [0.1, 0.15) is 49.0 Å². The predicted molar refractivity (Wildman–Crippen MR) is 115 cm³/mol. The van der Waals surface area contributed by atoms with Crippen molar-refractivity contribution in [3.05, 3.63) is 90.1 Å². The SMILES string of the molecule is CC(=O)N1C=Cc2ccccc2C1CC(=O)NC(C)c1ccc(-n2ccnc2)cc1. The van der Waals surface area contributed by atoms with Crippen LogP contribution in [-0.4, -0.2) is 26.3 Å². The van der Waals surface area contributed by atoms with Gasteiger partial charge in [0, 0.05) is 31.2 Å². The van der Waals surface area contributed by atoms with E-state index < -0.39 is 0 Å². The molecule has 30 heavy (non-hydrogen) atoms. The summed E-state index contributed by atoms with van der Waals surface area (Å²) >= 11 is 0. The lowest BCUT2D eigenvalue weighted by atomic mass is 9.93. The number of aromatic nitrogens is 2. The molecule has 6 heteroatoms. The largest absolute Gasteiger partial charge is 0.350 e. The molecule has 2 unspecified atom stereocenters. The number of fused-ring (bicyclic) bond motifs is 1. The fourth-order valence-electron chi connectivity index (χ4n) is 3.82. The maximum Gasteiger partial charge on any atom is 0.223 e. The number of benzene rings is 2. The fourth-order valence-corrected chi connectivity index (χ4v) is 3.82. The van der Waals surface area contributed by atoms with Crippen molar-refractivity contribution in [1.29, 1.82) is 0 Å². The van der Waals surface area contributed by atoms with E-state index in [0.717, 1.165) is 22.4 Å². The third-order valence-electron chi connectivity index (χ3n) is 5.42. The molecule has 3 aromatic rings. The molecule has 0 saturated heterocycles. The van der Waals surface area contributed by atoms with Gasteiger partial charge in [-0.3, -0.25) is 9.59 Å². The second-order valence-corrected chi connectivity index (χ2v) is 7.44. The van der Waals surface area contributed by atoms with Gasteiger partial charge in [-0.15, -0.1) is 0 Å². The van der Waals surface area contributed by atoms with Crippen LogP contribution >= 0.6 is 0 Å². The van der Waals surface area contributed by atoms with Crippen LogP contribution in [0.4, 0.5) is 0 Å². The molecule has 2 amide bonds. The smallest absolute Gasteiger partial charge is 0.223 e. The highest BCUT2D eigenvalue weighted by molar-refractivity contribution is 5.82. The lowest BCUT2D eigenvalue weighted by Gasteiger charge is -2.32. The molecule has 1 aliphatic rings. The zero-order valence-corrected chi connectivity index (χ0v) is 17.0. The van der Waals surface area contributed by atoms with Gasteiger partial charge in [0.2, 0.25) is 11.8 Å². The van der Waals surface area contributed by atoms with E-state index in [4.69, 9.17) is 0 Å². The maximum absolute atomic E-state index is 12.8. The Morgan fingerprint density at radius 3 is 2.60 bits per heavy atom. The number of imidazole rings is 1. The van der Waals surface area contributed by atoms with Gasteiger partial charge in [-0.25, -0.2) is 4.98 Å². The van der Waals surface area contributed by atoms with E-state index in [-0.39, 0.29) is 30.3 Å². The predicted octanol–water partition coefficient (Wildman–Crippen LogP) is 4.01. The summed E-state index contributed by atoms with van der Waals surface area (Å²) in [4.78, 5) is 30.6. The number of hydrogen-bond donors (Lipinski definition) is 1. The Morgan fingerprint density at radius 1 is 1.13 bits per heavy atom. The summed E-state index contributed by atoms with van der Waals surface area (Å²) in [5.41, 5.74) is 4.05. The lowest BCUT2D eigenvalue weighted by Crippen LogP contribution is -2.36. The van der Waals surface area contributed by atoms with Crippen LogP contribution in [0.5, 0.6) is 0 Å². The number of carbonyl (C=O) groups excluding carboxylic acids is 2. The summed E-state index contributed by atoms with van der Waals surface area (Å²) in [5.74, 6) is -0.177. The maximum atomic E-state index is 12.8. The monoisotopic (exact) mass is 400 g/mol. The van der Waals surface area contributed by atoms with E-state index in [9.17, 15) is 9.59 Å². The molecule has 152 valence electrons. The van der Waals surface area contributed by atoms with Gasteiger partial charge in [0.25, 0.3) is 0 Å². The summed E-state index contributed by atoms with van der Waals surface area (Å²) in [6, 6.07) is 15.4. The number of nitrogens with one attached hydrogen (secondary N) is 1. The Balaban J connectivity index is 1.45. The molecule has 0 aliphatic carbocycles. The Bertz CT molecular complexity index is 1070. The third-order valence-corrected chi connectivity index (χ3v) is 5.42. The van der Waals surface area contributed by atoms with Crippen molar-refractivity contribution in [2.45, 2.75) is 32.4 Å². The zero-order chi connectivity index (χ0) is 21.1. The van der Waals surface area contributed by atoms with Crippen molar-refractivity contribution in [2.24, 2.45) is 0 Å². The van der Waals surface area contributed by atoms with Gasteiger partial charge < -0.3 is 14.8 Å². The number of rotatable bonds is 5. The molecule has 1 aromatic heterocycles. The summed E-state index contributed by atoms with van der Waals surface area (Å²) < 4.78 is 1.93. The number of nitrogens with zero attached hydrogens (tertiary/aromatic N) is 3. The minimum Gasteiger partial charge on any atom is -0.350 e. The zero-order valence-electron chi connectivity index (χ0n) is 17.0. The average molecular weight is 400 g/mol. The molecule has 0 saturated carbocycles. The van der Waals surface area contributed by atoms with Gasteiger partial charge >= 0.3 is 0 Å². The quantitative estimate of drug-likeness (QED) is 0.704. The summed E-state index contributed by atoms with van der Waals surface area (Å²) in [5, 5.41) is 3.07. The van der Waals surface area contributed by atoms with Crippen molar-refractivity contribution >= 4 is 17.9 Å². The molecule has 2 heterocycles. The van der Waals surface area contributed by atoms with Crippen LogP contribution in [0, 0.1) is 0 Å². The highest BCUT2D eigenvalue weighted by Crippen LogP contribution is 2.33. The van der Waals surface area contributed by atoms with Crippen LogP contribution < -0.4 is 5.32 Å². The van der Waals surface area contributed by atoms with Gasteiger partial charge in [-0.1, -0.05) is 36.4 Å². The van der Waals surface area contributed by atoms with Gasteiger partial charge in [0.15, 0.2) is 0 Å². The second-order valence-electron chi connectivity index (χ2n) is 7.44. The van der Waals surface area contributed by atoms with Gasteiger partial charge in [-0.2, -0.15) is 0 Å². The van der Waals surface area contributed by atoms with Crippen LogP contribution in [0.15, 0.2) is 73.5 Å². The van der Waals surface area contributed by atoms with Crippen molar-refractivity contribution < 1.29 is 9.59 Å². The molecular formula is C24H24N4O2. The van der Waals surface area contributed by atoms with Crippen molar-refractivity contribution in [3.8, 4) is 5.69 Å². The van der Waals surface area contributed by atoms with E-state index in [2.05, 4.69) is 10.3 Å². The lowest BCUT2D eigenvalue weighted by molar-refractivity contribution is -0.130. The number of amides is 2. The average Bonchev–Trinajstić information content (AvgIpc) is 3.28. The highest BCUT2D eigenvalue weighted by Gasteiger charge is 2.28. The molecule has 6 nitrogen and oxygen atoms in total. The van der Waals surface area contributed by atoms with Gasteiger partial charge in [-0.05, 0) is 41.8 Å².